The van der Waals surface area contributed by atoms with E-state index < -0.39 is 0 Å². The van der Waals surface area contributed by atoms with Gasteiger partial charge in [-0.05, 0) is 398 Å². The van der Waals surface area contributed by atoms with Gasteiger partial charge in [-0.3, -0.25) is 38.4 Å². The zero-order chi connectivity index (χ0) is 100. The number of esters is 6. The smallest absolute Gasteiger partial charge is 0.311 e. The predicted octanol–water partition coefficient (Wildman–Crippen LogP) is 19.5. The van der Waals surface area contributed by atoms with Gasteiger partial charge in [0.2, 0.25) is 5.91 Å². The van der Waals surface area contributed by atoms with Gasteiger partial charge >= 0.3 is 35.8 Å². The van der Waals surface area contributed by atoms with Gasteiger partial charge in [0.15, 0.2) is 0 Å². The van der Waals surface area contributed by atoms with Crippen molar-refractivity contribution in [1.82, 2.24) is 47.9 Å². The Morgan fingerprint density at radius 3 is 0.791 bits per heavy atom. The van der Waals surface area contributed by atoms with Gasteiger partial charge in [0, 0.05) is 119 Å². The molecule has 1 aromatic rings. The maximum atomic E-state index is 12.9. The average molecular weight is 1880 g/mol. The van der Waals surface area contributed by atoms with Crippen molar-refractivity contribution in [3.63, 3.8) is 0 Å². The molecule has 23 nitrogen and oxygen atoms in total. The highest BCUT2D eigenvalue weighted by atomic mass is 16.6. The van der Waals surface area contributed by atoms with Crippen LogP contribution < -0.4 is 47.9 Å². The number of rotatable bonds is 31. The number of hydrogen-bond donors (Lipinski definition) is 9. The number of unbranched alkanes of at least 4 members (excludes halogenated alkanes) is 6. The molecule has 23 heteroatoms. The molecule has 1 aromatic carbocycles. The molecule has 3 saturated carbocycles. The van der Waals surface area contributed by atoms with Gasteiger partial charge in [0.1, 0.15) is 19.0 Å². The lowest BCUT2D eigenvalue weighted by atomic mass is 9.69. The summed E-state index contributed by atoms with van der Waals surface area (Å²) in [4.78, 5) is 102. The second-order valence-electron chi connectivity index (χ2n) is 53.8. The second kappa shape index (κ2) is 43.8. The van der Waals surface area contributed by atoms with Gasteiger partial charge in [-0.15, -0.1) is 0 Å². The summed E-state index contributed by atoms with van der Waals surface area (Å²) in [6.45, 7) is 72.0. The Hall–Kier alpha value is -5.14. The van der Waals surface area contributed by atoms with E-state index in [1.54, 1.807) is 0 Å². The van der Waals surface area contributed by atoms with Crippen molar-refractivity contribution in [3.8, 4) is 0 Å². The van der Waals surface area contributed by atoms with Crippen LogP contribution in [0.2, 0.25) is 0 Å². The van der Waals surface area contributed by atoms with E-state index in [0.29, 0.717) is 67.7 Å². The standard InChI is InChI=1S/C32H56N2O4.C27H51N3O2.C26H46N2O4.C26H40N2O4/c1-29(2)17-25(31(5,6)33-29)19-37-27(35)23-13-9-21(10-14-23)22-11-15-24(16-12-22)28(36)38-20-26-18-30(3,4)34-32(26,7)8;1-24(2)18-20(26(5,6)29-24)22(31)16-14-12-10-9-11-13-15-17-28-23(32)21-19-25(3,4)30-27(21,7)8;2*1-23(2)13-19(25(5,6)27-23)21(29)31-15-17-9-11-18(12-10-17)16-32-22(30)20-14-24(3,4)28-26(20,7)8/h21-26,33-34H,9-20H2,1-8H3;20-21,29-30H,9-19H2,1-8H3,(H,28,32);17-20,27-28H,9-16H2,1-8H3;9-12,19-20,27-28H,13-16H2,1-8H3. The van der Waals surface area contributed by atoms with E-state index in [4.69, 9.17) is 28.4 Å². The first-order valence-electron chi connectivity index (χ1n) is 52.7. The fourth-order valence-electron chi connectivity index (χ4n) is 26.9. The highest BCUT2D eigenvalue weighted by molar-refractivity contribution is 5.83. The Kier molecular flexibility index (Phi) is 36.7. The summed E-state index contributed by atoms with van der Waals surface area (Å²) in [6.07, 6.45) is 28.1. The molecular formula is C111H193N9O14. The molecule has 766 valence electrons. The summed E-state index contributed by atoms with van der Waals surface area (Å²) < 4.78 is 34.5. The molecule has 8 unspecified atom stereocenters. The number of ketones is 1. The molecule has 11 aliphatic rings. The van der Waals surface area contributed by atoms with Crippen molar-refractivity contribution in [1.29, 1.82) is 0 Å². The molecule has 1 amide bonds. The molecular weight excluding hydrogens is 1680 g/mol. The van der Waals surface area contributed by atoms with E-state index in [2.05, 4.69) is 242 Å². The first kappa shape index (κ1) is 112. The molecule has 3 aliphatic carbocycles. The van der Waals surface area contributed by atoms with E-state index in [-0.39, 0.29) is 191 Å². The minimum atomic E-state index is -0.285. The van der Waals surface area contributed by atoms with Crippen LogP contribution in [0.15, 0.2) is 24.3 Å². The fourth-order valence-corrected chi connectivity index (χ4v) is 26.9. The van der Waals surface area contributed by atoms with Gasteiger partial charge in [0.05, 0.1) is 67.9 Å². The molecule has 8 aliphatic heterocycles. The van der Waals surface area contributed by atoms with Crippen molar-refractivity contribution in [2.75, 3.05) is 33.0 Å². The number of carbonyl (C=O) groups excluding carboxylic acids is 8. The normalized spacial score (nSPS) is 31.9. The molecule has 11 fully saturated rings. The third-order valence-electron chi connectivity index (χ3n) is 33.0. The largest absolute Gasteiger partial charge is 0.465 e. The van der Waals surface area contributed by atoms with Crippen LogP contribution in [0.4, 0.5) is 0 Å². The van der Waals surface area contributed by atoms with Crippen LogP contribution in [0.5, 0.6) is 0 Å². The quantitative estimate of drug-likeness (QED) is 0.0190. The molecule has 12 rings (SSSR count). The number of amides is 1. The summed E-state index contributed by atoms with van der Waals surface area (Å²) >= 11 is 0. The van der Waals surface area contributed by atoms with Gasteiger partial charge in [-0.25, -0.2) is 0 Å². The zero-order valence-corrected chi connectivity index (χ0v) is 90.4. The van der Waals surface area contributed by atoms with Gasteiger partial charge in [0.25, 0.3) is 0 Å². The summed E-state index contributed by atoms with van der Waals surface area (Å²) in [7, 11) is 0. The van der Waals surface area contributed by atoms with Gasteiger partial charge in [-0.1, -0.05) is 56.4 Å². The minimum absolute atomic E-state index is 0.00603. The van der Waals surface area contributed by atoms with Crippen molar-refractivity contribution < 1.29 is 66.8 Å². The summed E-state index contributed by atoms with van der Waals surface area (Å²) in [6, 6.07) is 7.68. The highest BCUT2D eigenvalue weighted by Gasteiger charge is 2.55. The maximum Gasteiger partial charge on any atom is 0.311 e. The predicted molar refractivity (Wildman–Crippen MR) is 536 cm³/mol. The molecule has 8 heterocycles. The molecule has 0 bridgehead atoms. The number of hydrogen-bond acceptors (Lipinski definition) is 22. The van der Waals surface area contributed by atoms with Gasteiger partial charge in [-0.2, -0.15) is 0 Å². The number of benzene rings is 1. The van der Waals surface area contributed by atoms with Crippen LogP contribution in [0.1, 0.15) is 412 Å². The summed E-state index contributed by atoms with van der Waals surface area (Å²) in [5, 5.41) is 31.8. The molecule has 134 heavy (non-hydrogen) atoms. The van der Waals surface area contributed by atoms with Crippen LogP contribution in [0.3, 0.4) is 0 Å². The Morgan fingerprint density at radius 2 is 0.515 bits per heavy atom. The minimum Gasteiger partial charge on any atom is -0.465 e. The molecule has 0 spiro atoms. The van der Waals surface area contributed by atoms with Crippen molar-refractivity contribution in [2.24, 2.45) is 82.9 Å². The Morgan fingerprint density at radius 1 is 0.269 bits per heavy atom. The molecule has 8 atom stereocenters. The Labute approximate surface area is 812 Å². The lowest BCUT2D eigenvalue weighted by Crippen LogP contribution is -2.48. The molecule has 0 aromatic heterocycles. The second-order valence-corrected chi connectivity index (χ2v) is 53.8. The lowest BCUT2D eigenvalue weighted by Gasteiger charge is -2.37. The van der Waals surface area contributed by atoms with Crippen LogP contribution in [0, 0.1) is 82.9 Å². The number of Topliss-reactive ketones (excluding diaryl/α,β-unsaturated/α-hetero) is 1. The van der Waals surface area contributed by atoms with Crippen LogP contribution in [0.25, 0.3) is 0 Å². The SMILES string of the molecule is CC1(C)CC(C(=O)CCCCCCCCCNC(=O)C2CC(C)(C)NC2(C)C)C(C)(C)N1.CC1(C)CC(C(=O)OCC2CCC(COC(=O)C3CC(C)(C)NC3(C)C)CC2)C(C)(C)N1.CC1(C)CC(C(=O)OCc2ccc(COC(=O)C3CC(C)(C)NC3(C)C)cc2)C(C)(C)N1.CC1(C)CC(COC(=O)C2CCC(C3CCC(C(=O)OCC4CC(C)(C)NC4(C)C)CC3)CC2)C(C)(C)N1. The van der Waals surface area contributed by atoms with E-state index in [1.165, 1.54) is 19.3 Å². The van der Waals surface area contributed by atoms with Crippen molar-refractivity contribution in [3.05, 3.63) is 35.4 Å². The monoisotopic (exact) mass is 1880 g/mol. The summed E-state index contributed by atoms with van der Waals surface area (Å²) in [5.41, 5.74) is 0.586. The van der Waals surface area contributed by atoms with E-state index in [1.807, 2.05) is 52.0 Å². The number of nitrogens with one attached hydrogen (secondary N) is 9. The van der Waals surface area contributed by atoms with Gasteiger partial charge < -0.3 is 76.3 Å². The van der Waals surface area contributed by atoms with Crippen LogP contribution in [-0.2, 0) is 80.0 Å². The first-order chi connectivity index (χ1) is 61.4. The fraction of sp³-hybridized carbons (Fsp3) is 0.874. The maximum absolute atomic E-state index is 12.9. The van der Waals surface area contributed by atoms with Crippen molar-refractivity contribution in [2.45, 2.75) is 503 Å². The number of ether oxygens (including phenoxy) is 6. The third-order valence-corrected chi connectivity index (χ3v) is 33.0. The highest BCUT2D eigenvalue weighted by Crippen LogP contribution is 2.47. The Bertz CT molecular complexity index is 3830. The number of carbonyl (C=O) groups is 8. The van der Waals surface area contributed by atoms with Crippen molar-refractivity contribution >= 4 is 47.5 Å². The first-order valence-corrected chi connectivity index (χ1v) is 52.7. The lowest BCUT2D eigenvalue weighted by molar-refractivity contribution is -0.154. The molecule has 9 N–H and O–H groups in total. The molecule has 0 radical (unpaired) electrons. The molecule has 8 saturated heterocycles. The third kappa shape index (κ3) is 32.2. The zero-order valence-electron chi connectivity index (χ0n) is 90.4. The summed E-state index contributed by atoms with van der Waals surface area (Å²) in [5.74, 6) is 2.84. The van der Waals surface area contributed by atoms with Crippen LogP contribution in [-0.4, -0.2) is 169 Å². The van der Waals surface area contributed by atoms with E-state index in [0.717, 1.165) is 178 Å². The average Bonchev–Trinajstić information content (AvgIpc) is 1.73. The topological polar surface area (TPSA) is 300 Å². The Balaban J connectivity index is 0.000000201. The van der Waals surface area contributed by atoms with E-state index >= 15 is 0 Å². The van der Waals surface area contributed by atoms with E-state index in [9.17, 15) is 38.4 Å². The van der Waals surface area contributed by atoms with Crippen LogP contribution >= 0.6 is 0 Å².